The van der Waals surface area contributed by atoms with Crippen LogP contribution in [0.3, 0.4) is 0 Å². The lowest BCUT2D eigenvalue weighted by Gasteiger charge is -2.28. The summed E-state index contributed by atoms with van der Waals surface area (Å²) in [6.45, 7) is 2.39. The van der Waals surface area contributed by atoms with E-state index in [9.17, 15) is 10.1 Å². The van der Waals surface area contributed by atoms with Gasteiger partial charge < -0.3 is 4.74 Å². The van der Waals surface area contributed by atoms with E-state index in [0.717, 1.165) is 31.5 Å². The monoisotopic (exact) mass is 275 g/mol. The molecule has 1 aromatic rings. The number of rotatable bonds is 4. The minimum atomic E-state index is -0.426. The normalized spacial score (nSPS) is 16.6. The molecule has 2 rings (SSSR count). The van der Waals surface area contributed by atoms with Crippen LogP contribution in [-0.4, -0.2) is 30.0 Å². The highest BCUT2D eigenvalue weighted by Gasteiger charge is 2.20. The van der Waals surface area contributed by atoms with Gasteiger partial charge in [-0.3, -0.25) is 15.0 Å². The van der Waals surface area contributed by atoms with Crippen molar-refractivity contribution in [3.8, 4) is 11.8 Å². The van der Waals surface area contributed by atoms with Gasteiger partial charge in [0.05, 0.1) is 18.1 Å². The Balaban J connectivity index is 2.05. The molecule has 1 heterocycles. The van der Waals surface area contributed by atoms with Crippen molar-refractivity contribution in [2.45, 2.75) is 19.4 Å². The number of hydrogen-bond donors (Lipinski definition) is 0. The van der Waals surface area contributed by atoms with E-state index in [2.05, 4.69) is 11.0 Å². The Hall–Kier alpha value is -2.13. The second-order valence-electron chi connectivity index (χ2n) is 4.94. The predicted octanol–water partition coefficient (Wildman–Crippen LogP) is 2.34. The first kappa shape index (κ1) is 14.3. The largest absolute Gasteiger partial charge is 0.490 e. The van der Waals surface area contributed by atoms with Gasteiger partial charge in [-0.15, -0.1) is 0 Å². The Kier molecular flexibility index (Phi) is 4.53. The summed E-state index contributed by atoms with van der Waals surface area (Å²) in [5.74, 6) is 0.429. The van der Waals surface area contributed by atoms with Crippen molar-refractivity contribution in [3.05, 3.63) is 33.9 Å². The van der Waals surface area contributed by atoms with Gasteiger partial charge in [0.1, 0.15) is 0 Å². The molecule has 0 saturated carbocycles. The molecule has 0 aliphatic carbocycles. The molecule has 0 N–H and O–H groups in total. The number of nitriles is 1. The van der Waals surface area contributed by atoms with Crippen LogP contribution >= 0.6 is 0 Å². The van der Waals surface area contributed by atoms with Gasteiger partial charge in [-0.25, -0.2) is 0 Å². The second-order valence-corrected chi connectivity index (χ2v) is 4.94. The number of methoxy groups -OCH3 is 1. The summed E-state index contributed by atoms with van der Waals surface area (Å²) in [7, 11) is 1.43. The van der Waals surface area contributed by atoms with Crippen LogP contribution in [0.2, 0.25) is 0 Å². The fourth-order valence-electron chi connectivity index (χ4n) is 2.45. The van der Waals surface area contributed by atoms with Gasteiger partial charge in [-0.2, -0.15) is 5.26 Å². The maximum atomic E-state index is 11.0. The van der Waals surface area contributed by atoms with Crippen LogP contribution in [0.25, 0.3) is 0 Å². The Morgan fingerprint density at radius 1 is 1.50 bits per heavy atom. The van der Waals surface area contributed by atoms with Crippen molar-refractivity contribution in [1.82, 2.24) is 4.90 Å². The molecule has 0 aromatic heterocycles. The van der Waals surface area contributed by atoms with Crippen molar-refractivity contribution in [2.75, 3.05) is 20.2 Å². The summed E-state index contributed by atoms with van der Waals surface area (Å²) in [5, 5.41) is 19.8. The minimum Gasteiger partial charge on any atom is -0.490 e. The number of likely N-dealkylation sites (tertiary alicyclic amines) is 1. The average Bonchev–Trinajstić information content (AvgIpc) is 2.48. The van der Waals surface area contributed by atoms with Crippen molar-refractivity contribution in [1.29, 1.82) is 5.26 Å². The molecule has 1 aromatic carbocycles. The highest BCUT2D eigenvalue weighted by molar-refractivity contribution is 5.48. The van der Waals surface area contributed by atoms with Crippen molar-refractivity contribution in [3.63, 3.8) is 0 Å². The van der Waals surface area contributed by atoms with E-state index in [1.54, 1.807) is 12.1 Å². The Morgan fingerprint density at radius 2 is 2.20 bits per heavy atom. The molecule has 6 heteroatoms. The Labute approximate surface area is 117 Å². The zero-order chi connectivity index (χ0) is 14.5. The predicted molar refractivity (Wildman–Crippen MR) is 73.3 cm³/mol. The highest BCUT2D eigenvalue weighted by atomic mass is 16.6. The maximum absolute atomic E-state index is 11.0. The minimum absolute atomic E-state index is 0.00286. The Bertz CT molecular complexity index is 531. The van der Waals surface area contributed by atoms with Crippen LogP contribution in [0.5, 0.6) is 5.75 Å². The summed E-state index contributed by atoms with van der Waals surface area (Å²) in [4.78, 5) is 12.8. The number of nitrogens with zero attached hydrogens (tertiary/aromatic N) is 3. The average molecular weight is 275 g/mol. The molecular formula is C14H17N3O3. The summed E-state index contributed by atoms with van der Waals surface area (Å²) in [6.07, 6.45) is 1.74. The lowest BCUT2D eigenvalue weighted by molar-refractivity contribution is -0.385. The number of piperidine rings is 1. The van der Waals surface area contributed by atoms with E-state index in [0.29, 0.717) is 6.54 Å². The molecule has 6 nitrogen and oxygen atoms in total. The quantitative estimate of drug-likeness (QED) is 0.622. The van der Waals surface area contributed by atoms with Gasteiger partial charge in [0.2, 0.25) is 0 Å². The zero-order valence-electron chi connectivity index (χ0n) is 11.4. The van der Waals surface area contributed by atoms with Crippen LogP contribution in [-0.2, 0) is 6.54 Å². The van der Waals surface area contributed by atoms with Crippen LogP contribution in [0, 0.1) is 27.4 Å². The maximum Gasteiger partial charge on any atom is 0.311 e. The molecule has 0 unspecified atom stereocenters. The van der Waals surface area contributed by atoms with Crippen molar-refractivity contribution in [2.24, 2.45) is 5.92 Å². The van der Waals surface area contributed by atoms with Crippen LogP contribution in [0.1, 0.15) is 18.4 Å². The highest BCUT2D eigenvalue weighted by Crippen LogP contribution is 2.28. The van der Waals surface area contributed by atoms with Gasteiger partial charge in [0, 0.05) is 18.5 Å². The molecule has 1 aliphatic heterocycles. The summed E-state index contributed by atoms with van der Waals surface area (Å²) in [6, 6.07) is 7.34. The molecule has 106 valence electrons. The van der Waals surface area contributed by atoms with Gasteiger partial charge in [0.15, 0.2) is 5.75 Å². The fourth-order valence-corrected chi connectivity index (χ4v) is 2.45. The number of ether oxygens (including phenoxy) is 1. The fraction of sp³-hybridized carbons (Fsp3) is 0.500. The Morgan fingerprint density at radius 3 is 2.75 bits per heavy atom. The van der Waals surface area contributed by atoms with Crippen molar-refractivity contribution < 1.29 is 9.66 Å². The van der Waals surface area contributed by atoms with E-state index in [1.807, 2.05) is 6.07 Å². The van der Waals surface area contributed by atoms with Gasteiger partial charge >= 0.3 is 5.69 Å². The first-order valence-corrected chi connectivity index (χ1v) is 6.57. The third kappa shape index (κ3) is 3.25. The SMILES string of the molecule is COc1ccc(CN2CCC(C#N)CC2)cc1[N+](=O)[O-]. The van der Waals surface area contributed by atoms with Gasteiger partial charge in [0.25, 0.3) is 0 Å². The number of hydrogen-bond acceptors (Lipinski definition) is 5. The second kappa shape index (κ2) is 6.35. The number of nitro groups is 1. The molecule has 1 fully saturated rings. The zero-order valence-corrected chi connectivity index (χ0v) is 11.4. The van der Waals surface area contributed by atoms with E-state index in [4.69, 9.17) is 10.00 Å². The topological polar surface area (TPSA) is 79.4 Å². The van der Waals surface area contributed by atoms with Crippen molar-refractivity contribution >= 4 is 5.69 Å². The third-order valence-corrected chi connectivity index (χ3v) is 3.62. The first-order valence-electron chi connectivity index (χ1n) is 6.57. The van der Waals surface area contributed by atoms with E-state index >= 15 is 0 Å². The van der Waals surface area contributed by atoms with E-state index in [1.165, 1.54) is 7.11 Å². The molecule has 1 saturated heterocycles. The van der Waals surface area contributed by atoms with Gasteiger partial charge in [-0.1, -0.05) is 6.07 Å². The lowest BCUT2D eigenvalue weighted by Crippen LogP contribution is -2.32. The first-order chi connectivity index (χ1) is 9.63. The number of nitro benzene ring substituents is 1. The summed E-state index contributed by atoms with van der Waals surface area (Å²) in [5.41, 5.74) is 0.893. The van der Waals surface area contributed by atoms with E-state index < -0.39 is 4.92 Å². The molecule has 0 atom stereocenters. The number of benzene rings is 1. The molecular weight excluding hydrogens is 258 g/mol. The lowest BCUT2D eigenvalue weighted by atomic mass is 9.98. The standard InChI is InChI=1S/C14H17N3O3/c1-20-14-3-2-12(8-13(14)17(18)19)10-16-6-4-11(9-15)5-7-16/h2-3,8,11H,4-7,10H2,1H3. The van der Waals surface area contributed by atoms with E-state index in [-0.39, 0.29) is 17.4 Å². The third-order valence-electron chi connectivity index (χ3n) is 3.62. The van der Waals surface area contributed by atoms with Crippen LogP contribution in [0.4, 0.5) is 5.69 Å². The smallest absolute Gasteiger partial charge is 0.311 e. The summed E-state index contributed by atoms with van der Waals surface area (Å²) >= 11 is 0. The molecule has 20 heavy (non-hydrogen) atoms. The molecule has 1 aliphatic rings. The molecule has 0 amide bonds. The van der Waals surface area contributed by atoms with Crippen LogP contribution in [0.15, 0.2) is 18.2 Å². The molecule has 0 spiro atoms. The molecule has 0 radical (unpaired) electrons. The van der Waals surface area contributed by atoms with Gasteiger partial charge in [-0.05, 0) is 37.6 Å². The molecule has 0 bridgehead atoms. The summed E-state index contributed by atoms with van der Waals surface area (Å²) < 4.78 is 4.99. The van der Waals surface area contributed by atoms with Crippen LogP contribution < -0.4 is 4.74 Å².